The molecule has 0 amide bonds. The minimum atomic E-state index is 0.553. The molecule has 2 rings (SSSR count). The zero-order valence-electron chi connectivity index (χ0n) is 12.3. The van der Waals surface area contributed by atoms with Crippen molar-refractivity contribution in [2.24, 2.45) is 5.92 Å². The van der Waals surface area contributed by atoms with Crippen molar-refractivity contribution in [3.05, 3.63) is 30.1 Å². The summed E-state index contributed by atoms with van der Waals surface area (Å²) < 4.78 is 2.13. The third kappa shape index (κ3) is 4.20. The Morgan fingerprint density at radius 3 is 2.89 bits per heavy atom. The molecule has 0 aromatic carbocycles. The zero-order valence-corrected chi connectivity index (χ0v) is 12.3. The molecular formula is C16H27N3. The highest BCUT2D eigenvalue weighted by Gasteiger charge is 2.10. The Balaban J connectivity index is 1.75. The minimum Gasteiger partial charge on any atom is -0.311 e. The number of hydrogen-bond acceptors (Lipinski definition) is 2. The maximum atomic E-state index is 4.68. The second-order valence-corrected chi connectivity index (χ2v) is 5.54. The topological polar surface area (TPSA) is 29.9 Å². The summed E-state index contributed by atoms with van der Waals surface area (Å²) in [5.74, 6) is 0.811. The molecule has 1 atom stereocenters. The smallest absolute Gasteiger partial charge is 0.0762 e. The summed E-state index contributed by atoms with van der Waals surface area (Å²) >= 11 is 0. The van der Waals surface area contributed by atoms with E-state index in [0.29, 0.717) is 6.04 Å². The van der Waals surface area contributed by atoms with Gasteiger partial charge in [-0.15, -0.1) is 0 Å². The maximum absolute atomic E-state index is 4.68. The van der Waals surface area contributed by atoms with E-state index in [9.17, 15) is 0 Å². The van der Waals surface area contributed by atoms with Crippen LogP contribution in [0.2, 0.25) is 0 Å². The molecule has 1 aliphatic carbocycles. The highest BCUT2D eigenvalue weighted by Crippen LogP contribution is 2.17. The van der Waals surface area contributed by atoms with Gasteiger partial charge in [0.15, 0.2) is 0 Å². The molecule has 1 unspecified atom stereocenters. The van der Waals surface area contributed by atoms with Crippen molar-refractivity contribution in [3.8, 4) is 0 Å². The Morgan fingerprint density at radius 2 is 2.21 bits per heavy atom. The maximum Gasteiger partial charge on any atom is 0.0762 e. The van der Waals surface area contributed by atoms with E-state index in [1.54, 1.807) is 0 Å². The Bertz CT molecular complexity index is 390. The van der Waals surface area contributed by atoms with Gasteiger partial charge in [-0.2, -0.15) is 5.10 Å². The highest BCUT2D eigenvalue weighted by atomic mass is 15.3. The second kappa shape index (κ2) is 7.49. The molecule has 1 aromatic heterocycles. The first-order chi connectivity index (χ1) is 9.33. The summed E-state index contributed by atoms with van der Waals surface area (Å²) in [7, 11) is 0. The Kier molecular flexibility index (Phi) is 5.64. The quantitative estimate of drug-likeness (QED) is 0.759. The minimum absolute atomic E-state index is 0.553. The molecule has 1 aliphatic rings. The van der Waals surface area contributed by atoms with Crippen LogP contribution in [0.15, 0.2) is 24.4 Å². The van der Waals surface area contributed by atoms with Crippen molar-refractivity contribution in [3.63, 3.8) is 0 Å². The first-order valence-corrected chi connectivity index (χ1v) is 7.73. The predicted octanol–water partition coefficient (Wildman–Crippen LogP) is 3.69. The van der Waals surface area contributed by atoms with Gasteiger partial charge in [-0.05, 0) is 50.6 Å². The van der Waals surface area contributed by atoms with E-state index in [2.05, 4.69) is 53.4 Å². The van der Waals surface area contributed by atoms with Gasteiger partial charge >= 0.3 is 0 Å². The van der Waals surface area contributed by atoms with Crippen LogP contribution in [0.25, 0.3) is 0 Å². The van der Waals surface area contributed by atoms with E-state index in [0.717, 1.165) is 31.8 Å². The number of hydrogen-bond donors (Lipinski definition) is 1. The fourth-order valence-electron chi connectivity index (χ4n) is 2.78. The zero-order chi connectivity index (χ0) is 13.5. The highest BCUT2D eigenvalue weighted by molar-refractivity contribution is 4.99. The van der Waals surface area contributed by atoms with Crippen molar-refractivity contribution >= 4 is 0 Å². The van der Waals surface area contributed by atoms with Crippen LogP contribution in [0, 0.1) is 5.92 Å². The van der Waals surface area contributed by atoms with Gasteiger partial charge in [-0.1, -0.05) is 26.0 Å². The molecular weight excluding hydrogens is 234 g/mol. The van der Waals surface area contributed by atoms with Crippen LogP contribution in [0.4, 0.5) is 0 Å². The molecule has 19 heavy (non-hydrogen) atoms. The van der Waals surface area contributed by atoms with E-state index in [1.807, 2.05) is 0 Å². The average molecular weight is 261 g/mol. The van der Waals surface area contributed by atoms with Gasteiger partial charge in [0.05, 0.1) is 11.7 Å². The van der Waals surface area contributed by atoms with E-state index in [-0.39, 0.29) is 0 Å². The van der Waals surface area contributed by atoms with Crippen LogP contribution >= 0.6 is 0 Å². The van der Waals surface area contributed by atoms with Gasteiger partial charge < -0.3 is 5.32 Å². The van der Waals surface area contributed by atoms with Crippen LogP contribution in [-0.4, -0.2) is 16.3 Å². The fourth-order valence-corrected chi connectivity index (χ4v) is 2.78. The molecule has 106 valence electrons. The molecule has 0 bridgehead atoms. The van der Waals surface area contributed by atoms with Crippen molar-refractivity contribution in [2.45, 2.75) is 58.5 Å². The number of rotatable bonds is 7. The molecule has 1 aromatic rings. The number of allylic oxidation sites excluding steroid dienone is 2. The van der Waals surface area contributed by atoms with Crippen LogP contribution in [0.1, 0.15) is 57.7 Å². The van der Waals surface area contributed by atoms with Crippen molar-refractivity contribution < 1.29 is 0 Å². The molecule has 0 radical (unpaired) electrons. The Hall–Kier alpha value is -1.09. The van der Waals surface area contributed by atoms with Crippen molar-refractivity contribution in [2.75, 3.05) is 6.54 Å². The lowest BCUT2D eigenvalue weighted by atomic mass is 9.94. The molecule has 0 saturated carbocycles. The van der Waals surface area contributed by atoms with E-state index < -0.39 is 0 Å². The third-order valence-corrected chi connectivity index (χ3v) is 4.10. The normalized spacial score (nSPS) is 19.2. The van der Waals surface area contributed by atoms with E-state index in [1.165, 1.54) is 25.0 Å². The summed E-state index contributed by atoms with van der Waals surface area (Å²) in [6.07, 6.45) is 12.8. The molecule has 1 N–H and O–H groups in total. The summed E-state index contributed by atoms with van der Waals surface area (Å²) in [5, 5.41) is 8.23. The Morgan fingerprint density at radius 1 is 1.37 bits per heavy atom. The molecule has 0 fully saturated rings. The summed E-state index contributed by atoms with van der Waals surface area (Å²) in [4.78, 5) is 0. The molecule has 3 nitrogen and oxygen atoms in total. The monoisotopic (exact) mass is 261 g/mol. The van der Waals surface area contributed by atoms with Crippen LogP contribution in [0.3, 0.4) is 0 Å². The fraction of sp³-hybridized carbons (Fsp3) is 0.688. The van der Waals surface area contributed by atoms with E-state index in [4.69, 9.17) is 0 Å². The number of nitrogens with one attached hydrogen (secondary N) is 1. The molecule has 0 spiro atoms. The van der Waals surface area contributed by atoms with Gasteiger partial charge in [0.2, 0.25) is 0 Å². The number of aromatic nitrogens is 2. The van der Waals surface area contributed by atoms with Crippen LogP contribution in [0.5, 0.6) is 0 Å². The van der Waals surface area contributed by atoms with Crippen molar-refractivity contribution in [1.29, 1.82) is 0 Å². The van der Waals surface area contributed by atoms with Crippen LogP contribution in [-0.2, 0) is 6.54 Å². The van der Waals surface area contributed by atoms with Gasteiger partial charge in [0.1, 0.15) is 0 Å². The SMILES string of the molecule is CCC(CC)n1ccc(CNCC2CC=CCC2)n1. The lowest BCUT2D eigenvalue weighted by molar-refractivity contribution is 0.417. The summed E-state index contributed by atoms with van der Waals surface area (Å²) in [6.45, 7) is 6.46. The van der Waals surface area contributed by atoms with Gasteiger partial charge in [0, 0.05) is 12.7 Å². The first-order valence-electron chi connectivity index (χ1n) is 7.73. The standard InChI is InChI=1S/C16H27N3/c1-3-16(4-2)19-11-10-15(18-19)13-17-12-14-8-6-5-7-9-14/h5-6,10-11,14,16-17H,3-4,7-9,12-13H2,1-2H3. The van der Waals surface area contributed by atoms with Gasteiger partial charge in [-0.25, -0.2) is 0 Å². The lowest BCUT2D eigenvalue weighted by Gasteiger charge is -2.17. The predicted molar refractivity (Wildman–Crippen MR) is 80.0 cm³/mol. The van der Waals surface area contributed by atoms with Gasteiger partial charge in [-0.3, -0.25) is 4.68 Å². The first kappa shape index (κ1) is 14.3. The molecule has 0 aliphatic heterocycles. The average Bonchev–Trinajstić information content (AvgIpc) is 2.90. The molecule has 1 heterocycles. The van der Waals surface area contributed by atoms with Crippen molar-refractivity contribution in [1.82, 2.24) is 15.1 Å². The number of nitrogens with zero attached hydrogens (tertiary/aromatic N) is 2. The summed E-state index contributed by atoms with van der Waals surface area (Å²) in [6, 6.07) is 2.70. The summed E-state index contributed by atoms with van der Waals surface area (Å²) in [5.41, 5.74) is 1.17. The second-order valence-electron chi connectivity index (χ2n) is 5.54. The Labute approximate surface area is 117 Å². The van der Waals surface area contributed by atoms with Gasteiger partial charge in [0.25, 0.3) is 0 Å². The van der Waals surface area contributed by atoms with E-state index >= 15 is 0 Å². The lowest BCUT2D eigenvalue weighted by Crippen LogP contribution is -2.23. The van der Waals surface area contributed by atoms with Crippen LogP contribution < -0.4 is 5.32 Å². The largest absolute Gasteiger partial charge is 0.311 e. The molecule has 0 saturated heterocycles. The molecule has 3 heteroatoms. The third-order valence-electron chi connectivity index (χ3n) is 4.10.